The number of rotatable bonds is 6. The number of hydrogen-bond acceptors (Lipinski definition) is 2. The van der Waals surface area contributed by atoms with Crippen LogP contribution in [-0.4, -0.2) is 4.89 Å². The minimum atomic E-state index is -2.89. The molecule has 0 saturated carbocycles. The Morgan fingerprint density at radius 3 is 2.10 bits per heavy atom. The molecule has 0 aliphatic heterocycles. The zero-order chi connectivity index (χ0) is 15.6. The van der Waals surface area contributed by atoms with E-state index in [0.29, 0.717) is 5.75 Å². The Bertz CT molecular complexity index is 456. The zero-order valence-corrected chi connectivity index (χ0v) is 14.2. The van der Waals surface area contributed by atoms with Crippen molar-refractivity contribution >= 4 is 8.69 Å². The van der Waals surface area contributed by atoms with E-state index in [4.69, 9.17) is 9.42 Å². The molecule has 0 spiro atoms. The molecule has 0 heterocycles. The molecule has 1 unspecified atom stereocenters. The van der Waals surface area contributed by atoms with Crippen molar-refractivity contribution in [3.63, 3.8) is 0 Å². The maximum atomic E-state index is 12.9. The lowest BCUT2D eigenvalue weighted by Gasteiger charge is -2.30. The smallest absolute Gasteiger partial charge is 0.424 e. The Hall–Kier alpha value is -0.660. The average Bonchev–Trinajstić information content (AvgIpc) is 2.38. The summed E-state index contributed by atoms with van der Waals surface area (Å²) >= 11 is 0. The summed E-state index contributed by atoms with van der Waals surface area (Å²) in [6.07, 6.45) is 1.93. The Balaban J connectivity index is 3.36. The quantitative estimate of drug-likeness (QED) is 0.690. The Morgan fingerprint density at radius 2 is 1.65 bits per heavy atom. The summed E-state index contributed by atoms with van der Waals surface area (Å²) in [6, 6.07) is 5.85. The number of halogens is 1. The summed E-state index contributed by atoms with van der Waals surface area (Å²) in [5.41, 5.74) is 2.11. The third-order valence-electron chi connectivity index (χ3n) is 4.43. The Kier molecular flexibility index (Phi) is 5.57. The van der Waals surface area contributed by atoms with E-state index in [2.05, 4.69) is 47.6 Å². The second kappa shape index (κ2) is 6.41. The lowest BCUT2D eigenvalue weighted by Crippen LogP contribution is -2.20. The van der Waals surface area contributed by atoms with Gasteiger partial charge in [0.25, 0.3) is 0 Å². The van der Waals surface area contributed by atoms with Crippen molar-refractivity contribution in [2.45, 2.75) is 65.2 Å². The van der Waals surface area contributed by atoms with Gasteiger partial charge in [-0.1, -0.05) is 53.7 Å². The van der Waals surface area contributed by atoms with Crippen LogP contribution < -0.4 is 4.52 Å². The van der Waals surface area contributed by atoms with Gasteiger partial charge in [0.15, 0.2) is 0 Å². The van der Waals surface area contributed by atoms with Gasteiger partial charge in [0.2, 0.25) is 0 Å². The van der Waals surface area contributed by atoms with Crippen LogP contribution in [0.2, 0.25) is 0 Å². The van der Waals surface area contributed by atoms with Gasteiger partial charge in [-0.25, -0.2) is 0 Å². The molecule has 0 aliphatic carbocycles. The monoisotopic (exact) mass is 300 g/mol. The van der Waals surface area contributed by atoms with Crippen LogP contribution in [0.1, 0.15) is 65.5 Å². The van der Waals surface area contributed by atoms with E-state index in [1.165, 1.54) is 5.56 Å². The fourth-order valence-electron chi connectivity index (χ4n) is 2.04. The van der Waals surface area contributed by atoms with Crippen LogP contribution in [0.5, 0.6) is 5.75 Å². The highest BCUT2D eigenvalue weighted by Crippen LogP contribution is 2.43. The van der Waals surface area contributed by atoms with Crippen molar-refractivity contribution in [3.05, 3.63) is 29.3 Å². The summed E-state index contributed by atoms with van der Waals surface area (Å²) in [4.78, 5) is 8.92. The molecule has 4 heteroatoms. The van der Waals surface area contributed by atoms with Gasteiger partial charge >= 0.3 is 8.69 Å². The van der Waals surface area contributed by atoms with Crippen molar-refractivity contribution in [2.75, 3.05) is 0 Å². The first kappa shape index (κ1) is 17.4. The molecular weight excluding hydrogens is 274 g/mol. The average molecular weight is 300 g/mol. The van der Waals surface area contributed by atoms with Crippen molar-refractivity contribution in [1.82, 2.24) is 0 Å². The predicted molar refractivity (Wildman–Crippen MR) is 84.0 cm³/mol. The van der Waals surface area contributed by atoms with Gasteiger partial charge in [-0.3, -0.25) is 0 Å². The fraction of sp³-hybridized carbons (Fsp3) is 0.625. The molecule has 20 heavy (non-hydrogen) atoms. The first-order chi connectivity index (χ1) is 9.14. The zero-order valence-electron chi connectivity index (χ0n) is 13.3. The van der Waals surface area contributed by atoms with E-state index in [-0.39, 0.29) is 10.8 Å². The van der Waals surface area contributed by atoms with Crippen LogP contribution in [0, 0.1) is 0 Å². The van der Waals surface area contributed by atoms with Gasteiger partial charge in [0, 0.05) is 5.56 Å². The normalized spacial score (nSPS) is 14.2. The molecule has 0 fully saturated rings. The van der Waals surface area contributed by atoms with E-state index < -0.39 is 8.69 Å². The highest BCUT2D eigenvalue weighted by molar-refractivity contribution is 7.40. The van der Waals surface area contributed by atoms with Crippen molar-refractivity contribution < 1.29 is 13.6 Å². The molecule has 2 nitrogen and oxygen atoms in total. The summed E-state index contributed by atoms with van der Waals surface area (Å²) in [6.45, 7) is 12.9. The molecular formula is C16H26FO2P. The van der Waals surface area contributed by atoms with Gasteiger partial charge in [-0.05, 0) is 35.3 Å². The third kappa shape index (κ3) is 3.93. The van der Waals surface area contributed by atoms with Crippen molar-refractivity contribution in [3.8, 4) is 5.75 Å². The molecule has 0 radical (unpaired) electrons. The van der Waals surface area contributed by atoms with Gasteiger partial charge in [0.05, 0.1) is 0 Å². The van der Waals surface area contributed by atoms with Crippen LogP contribution in [0.3, 0.4) is 0 Å². The summed E-state index contributed by atoms with van der Waals surface area (Å²) < 4.78 is 17.8. The van der Waals surface area contributed by atoms with Crippen molar-refractivity contribution in [1.29, 1.82) is 0 Å². The van der Waals surface area contributed by atoms with E-state index >= 15 is 0 Å². The van der Waals surface area contributed by atoms with Gasteiger partial charge in [0.1, 0.15) is 5.75 Å². The highest BCUT2D eigenvalue weighted by Gasteiger charge is 2.27. The molecule has 0 aliphatic rings. The van der Waals surface area contributed by atoms with Crippen molar-refractivity contribution in [2.24, 2.45) is 0 Å². The van der Waals surface area contributed by atoms with E-state index in [1.807, 2.05) is 6.07 Å². The third-order valence-corrected chi connectivity index (χ3v) is 4.78. The van der Waals surface area contributed by atoms with E-state index in [1.54, 1.807) is 6.07 Å². The summed E-state index contributed by atoms with van der Waals surface area (Å²) in [7, 11) is -2.89. The topological polar surface area (TPSA) is 29.5 Å². The van der Waals surface area contributed by atoms with Gasteiger partial charge in [-0.2, -0.15) is 0 Å². The van der Waals surface area contributed by atoms with Crippen LogP contribution in [0.15, 0.2) is 18.2 Å². The van der Waals surface area contributed by atoms with E-state index in [9.17, 15) is 4.20 Å². The molecule has 1 aromatic carbocycles. The Morgan fingerprint density at radius 1 is 1.10 bits per heavy atom. The minimum absolute atomic E-state index is 0.0662. The van der Waals surface area contributed by atoms with Crippen LogP contribution in [-0.2, 0) is 10.8 Å². The standard InChI is InChI=1S/C16H26FO2P/c1-7-15(3,4)12-9-10-14(19-20(17)18)13(11-12)16(5,6)8-2/h9-11,18H,7-8H2,1-6H3. The molecule has 114 valence electrons. The van der Waals surface area contributed by atoms with E-state index in [0.717, 1.165) is 18.4 Å². The largest absolute Gasteiger partial charge is 0.436 e. The lowest BCUT2D eigenvalue weighted by atomic mass is 9.76. The van der Waals surface area contributed by atoms with Crippen LogP contribution >= 0.6 is 8.69 Å². The first-order valence-electron chi connectivity index (χ1n) is 7.12. The predicted octanol–water partition coefficient (Wildman–Crippen LogP) is 5.63. The molecule has 0 amide bonds. The first-order valence-corrected chi connectivity index (χ1v) is 8.22. The number of hydrogen-bond donors (Lipinski definition) is 1. The molecule has 1 atom stereocenters. The molecule has 1 aromatic rings. The van der Waals surface area contributed by atoms with Crippen LogP contribution in [0.4, 0.5) is 4.20 Å². The second-order valence-electron chi connectivity index (χ2n) is 6.50. The second-order valence-corrected chi connectivity index (χ2v) is 7.14. The van der Waals surface area contributed by atoms with Crippen LogP contribution in [0.25, 0.3) is 0 Å². The summed E-state index contributed by atoms with van der Waals surface area (Å²) in [5.74, 6) is 0.448. The van der Waals surface area contributed by atoms with Gasteiger partial charge in [-0.15, -0.1) is 4.20 Å². The number of benzene rings is 1. The highest BCUT2D eigenvalue weighted by atomic mass is 31.2. The Labute approximate surface area is 123 Å². The van der Waals surface area contributed by atoms with Gasteiger partial charge < -0.3 is 9.42 Å². The lowest BCUT2D eigenvalue weighted by molar-refractivity contribution is 0.415. The molecule has 1 N–H and O–H groups in total. The fourth-order valence-corrected chi connectivity index (χ4v) is 2.36. The minimum Gasteiger partial charge on any atom is -0.424 e. The molecule has 0 bridgehead atoms. The maximum Gasteiger partial charge on any atom is 0.436 e. The SMILES string of the molecule is CCC(C)(C)c1ccc(OP(O)F)c(C(C)(C)CC)c1. The molecule has 0 aromatic heterocycles. The molecule has 0 saturated heterocycles. The summed E-state index contributed by atoms with van der Waals surface area (Å²) in [5, 5.41) is 0. The molecule has 1 rings (SSSR count). The maximum absolute atomic E-state index is 12.9.